The van der Waals surface area contributed by atoms with Crippen molar-refractivity contribution >= 4 is 33.1 Å². The fourth-order valence-corrected chi connectivity index (χ4v) is 4.75. The Morgan fingerprint density at radius 2 is 1.85 bits per heavy atom. The maximum absolute atomic E-state index is 13.2. The van der Waals surface area contributed by atoms with Crippen LogP contribution < -0.4 is 15.4 Å². The first kappa shape index (κ1) is 24.1. The van der Waals surface area contributed by atoms with E-state index in [1.165, 1.54) is 26.2 Å². The zero-order chi connectivity index (χ0) is 24.8. The number of thiophene rings is 1. The van der Waals surface area contributed by atoms with E-state index in [1.54, 1.807) is 6.07 Å². The number of methoxy groups -OCH3 is 1. The molecule has 0 saturated carbocycles. The molecular weight excluding hydrogens is 488 g/mol. The fraction of sp³-hybridized carbons (Fsp3) is 0.333. The van der Waals surface area contributed by atoms with Crippen LogP contribution in [-0.2, 0) is 17.5 Å². The summed E-state index contributed by atoms with van der Waals surface area (Å²) >= 11 is 0.840. The van der Waals surface area contributed by atoms with Gasteiger partial charge in [0.2, 0.25) is 0 Å². The number of carbonyl (C=O) groups excluding carboxylic acids is 1. The number of fused-ring (bicyclic) bond motifs is 3. The lowest BCUT2D eigenvalue weighted by Crippen LogP contribution is -2.37. The Morgan fingerprint density at radius 1 is 1.12 bits per heavy atom. The van der Waals surface area contributed by atoms with Crippen LogP contribution in [0.1, 0.15) is 38.2 Å². The van der Waals surface area contributed by atoms with Crippen LogP contribution in [0.5, 0.6) is 5.75 Å². The second kappa shape index (κ2) is 8.62. The van der Waals surface area contributed by atoms with Gasteiger partial charge in [-0.2, -0.15) is 26.3 Å². The zero-order valence-electron chi connectivity index (χ0n) is 17.6. The van der Waals surface area contributed by atoms with Gasteiger partial charge in [0, 0.05) is 10.9 Å². The summed E-state index contributed by atoms with van der Waals surface area (Å²) in [5.41, 5.74) is 0.410. The number of aryl methyl sites for hydroxylation is 1. The number of rotatable bonds is 5. The van der Waals surface area contributed by atoms with Gasteiger partial charge in [-0.25, -0.2) is 4.98 Å². The molecule has 34 heavy (non-hydrogen) atoms. The SMILES string of the molecule is COc1ccc([C@@H]2NC(=O)c3sc4nc(C(F)(F)F)cc(C)c4c3N2)cc1COCC(F)(F)F. The van der Waals surface area contributed by atoms with Crippen molar-refractivity contribution < 1.29 is 40.6 Å². The van der Waals surface area contributed by atoms with Gasteiger partial charge in [-0.3, -0.25) is 4.79 Å². The highest BCUT2D eigenvalue weighted by atomic mass is 32.1. The largest absolute Gasteiger partial charge is 0.496 e. The maximum atomic E-state index is 13.2. The molecular formula is C21H17F6N3O3S. The molecule has 0 saturated heterocycles. The van der Waals surface area contributed by atoms with Crippen molar-refractivity contribution in [2.45, 2.75) is 32.0 Å². The van der Waals surface area contributed by atoms with Gasteiger partial charge in [-0.05, 0) is 36.2 Å². The van der Waals surface area contributed by atoms with Crippen LogP contribution >= 0.6 is 11.3 Å². The highest BCUT2D eigenvalue weighted by Crippen LogP contribution is 2.43. The highest BCUT2D eigenvalue weighted by Gasteiger charge is 2.36. The van der Waals surface area contributed by atoms with Crippen LogP contribution in [0.15, 0.2) is 24.3 Å². The van der Waals surface area contributed by atoms with E-state index in [-0.39, 0.29) is 16.3 Å². The molecule has 1 atom stereocenters. The predicted octanol–water partition coefficient (Wildman–Crippen LogP) is 5.57. The van der Waals surface area contributed by atoms with Gasteiger partial charge in [0.05, 0.1) is 19.4 Å². The Balaban J connectivity index is 1.67. The summed E-state index contributed by atoms with van der Waals surface area (Å²) in [6, 6.07) is 5.58. The molecule has 1 aliphatic heterocycles. The molecule has 0 unspecified atom stereocenters. The average Bonchev–Trinajstić information content (AvgIpc) is 3.12. The van der Waals surface area contributed by atoms with Gasteiger partial charge in [-0.1, -0.05) is 6.07 Å². The average molecular weight is 505 g/mol. The summed E-state index contributed by atoms with van der Waals surface area (Å²) in [6.45, 7) is -0.318. The number of halogens is 6. The van der Waals surface area contributed by atoms with Crippen molar-refractivity contribution in [1.82, 2.24) is 10.3 Å². The lowest BCUT2D eigenvalue weighted by molar-refractivity contribution is -0.176. The molecule has 182 valence electrons. The maximum Gasteiger partial charge on any atom is 0.433 e. The first-order chi connectivity index (χ1) is 15.9. The van der Waals surface area contributed by atoms with E-state index in [9.17, 15) is 31.1 Å². The molecule has 3 heterocycles. The highest BCUT2D eigenvalue weighted by molar-refractivity contribution is 7.21. The lowest BCUT2D eigenvalue weighted by atomic mass is 10.0. The second-order valence-corrected chi connectivity index (χ2v) is 8.54. The molecule has 13 heteroatoms. The minimum absolute atomic E-state index is 0.0663. The van der Waals surface area contributed by atoms with E-state index >= 15 is 0 Å². The molecule has 0 fully saturated rings. The third-order valence-corrected chi connectivity index (χ3v) is 6.16. The van der Waals surface area contributed by atoms with E-state index in [1.807, 2.05) is 0 Å². The number of carbonyl (C=O) groups is 1. The predicted molar refractivity (Wildman–Crippen MR) is 112 cm³/mol. The molecule has 0 radical (unpaired) electrons. The molecule has 1 amide bonds. The number of hydrogen-bond acceptors (Lipinski definition) is 6. The van der Waals surface area contributed by atoms with Crippen LogP contribution in [0.25, 0.3) is 10.2 Å². The molecule has 6 nitrogen and oxygen atoms in total. The second-order valence-electron chi connectivity index (χ2n) is 7.54. The number of amides is 1. The minimum Gasteiger partial charge on any atom is -0.496 e. The van der Waals surface area contributed by atoms with Crippen molar-refractivity contribution in [3.63, 3.8) is 0 Å². The molecule has 1 aliphatic rings. The van der Waals surface area contributed by atoms with Gasteiger partial charge >= 0.3 is 12.4 Å². The Morgan fingerprint density at radius 3 is 2.50 bits per heavy atom. The first-order valence-corrected chi connectivity index (χ1v) is 10.6. The van der Waals surface area contributed by atoms with Crippen LogP contribution in [0.4, 0.5) is 32.0 Å². The molecule has 4 rings (SSSR count). The summed E-state index contributed by atoms with van der Waals surface area (Å²) < 4.78 is 86.7. The van der Waals surface area contributed by atoms with Crippen molar-refractivity contribution in [2.75, 3.05) is 19.0 Å². The summed E-state index contributed by atoms with van der Waals surface area (Å²) in [5, 5.41) is 6.21. The summed E-state index contributed by atoms with van der Waals surface area (Å²) in [5.74, 6) is -0.213. The Bertz CT molecular complexity index is 1260. The Kier molecular flexibility index (Phi) is 6.10. The Hall–Kier alpha value is -3.06. The third-order valence-electron chi connectivity index (χ3n) is 5.08. The van der Waals surface area contributed by atoms with Crippen molar-refractivity contribution in [3.8, 4) is 5.75 Å². The van der Waals surface area contributed by atoms with Crippen LogP contribution in [0, 0.1) is 6.92 Å². The van der Waals surface area contributed by atoms with Crippen molar-refractivity contribution in [1.29, 1.82) is 0 Å². The summed E-state index contributed by atoms with van der Waals surface area (Å²) in [6.07, 6.45) is -9.92. The summed E-state index contributed by atoms with van der Waals surface area (Å²) in [4.78, 5) is 16.7. The third kappa shape index (κ3) is 4.75. The van der Waals surface area contributed by atoms with E-state index < -0.39 is 36.7 Å². The smallest absolute Gasteiger partial charge is 0.433 e. The molecule has 3 aromatic rings. The normalized spacial score (nSPS) is 16.2. The van der Waals surface area contributed by atoms with Gasteiger partial charge in [0.15, 0.2) is 0 Å². The zero-order valence-corrected chi connectivity index (χ0v) is 18.5. The molecule has 1 aromatic carbocycles. The molecule has 0 spiro atoms. The van der Waals surface area contributed by atoms with Gasteiger partial charge in [0.25, 0.3) is 5.91 Å². The van der Waals surface area contributed by atoms with E-state index in [0.29, 0.717) is 33.5 Å². The topological polar surface area (TPSA) is 72.5 Å². The Labute approximate surface area is 192 Å². The molecule has 2 aromatic heterocycles. The molecule has 2 N–H and O–H groups in total. The molecule has 0 aliphatic carbocycles. The monoisotopic (exact) mass is 505 g/mol. The standard InChI is InChI=1S/C21H17F6N3O3S/c1-9-5-13(21(25,26)27)28-19-14(9)15-16(34-19)18(31)30-17(29-15)10-3-4-12(32-2)11(6-10)7-33-8-20(22,23)24/h3-6,17,29H,7-8H2,1-2H3,(H,30,31)/t17-/m0/s1. The fourth-order valence-electron chi connectivity index (χ4n) is 3.64. The van der Waals surface area contributed by atoms with Crippen LogP contribution in [-0.4, -0.2) is 30.8 Å². The van der Waals surface area contributed by atoms with Gasteiger partial charge in [-0.15, -0.1) is 11.3 Å². The first-order valence-electron chi connectivity index (χ1n) is 9.77. The van der Waals surface area contributed by atoms with Crippen LogP contribution in [0.2, 0.25) is 0 Å². The summed E-state index contributed by atoms with van der Waals surface area (Å²) in [7, 11) is 1.36. The van der Waals surface area contributed by atoms with Crippen molar-refractivity contribution in [2.24, 2.45) is 0 Å². The van der Waals surface area contributed by atoms with E-state index in [2.05, 4.69) is 15.6 Å². The lowest BCUT2D eigenvalue weighted by Gasteiger charge is -2.27. The quantitative estimate of drug-likeness (QED) is 0.444. The van der Waals surface area contributed by atoms with E-state index in [4.69, 9.17) is 9.47 Å². The van der Waals surface area contributed by atoms with Crippen LogP contribution in [0.3, 0.4) is 0 Å². The number of benzene rings is 1. The number of aromatic nitrogens is 1. The molecule has 0 bridgehead atoms. The number of pyridine rings is 1. The number of alkyl halides is 6. The number of anilines is 1. The van der Waals surface area contributed by atoms with Crippen molar-refractivity contribution in [3.05, 3.63) is 51.5 Å². The van der Waals surface area contributed by atoms with Gasteiger partial charge < -0.3 is 20.1 Å². The van der Waals surface area contributed by atoms with E-state index in [0.717, 1.165) is 17.4 Å². The number of ether oxygens (including phenoxy) is 2. The number of nitrogens with one attached hydrogen (secondary N) is 2. The minimum atomic E-state index is -4.63. The van der Waals surface area contributed by atoms with Gasteiger partial charge in [0.1, 0.15) is 33.9 Å². The number of nitrogens with zero attached hydrogens (tertiary/aromatic N) is 1. The number of hydrogen-bond donors (Lipinski definition) is 2.